The van der Waals surface area contributed by atoms with E-state index in [0.717, 1.165) is 17.3 Å². The first kappa shape index (κ1) is 19.3. The summed E-state index contributed by atoms with van der Waals surface area (Å²) in [4.78, 5) is 29.7. The molecule has 2 heterocycles. The second-order valence-electron chi connectivity index (χ2n) is 6.56. The predicted molar refractivity (Wildman–Crippen MR) is 109 cm³/mol. The monoisotopic (exact) mass is 388 g/mol. The molecule has 0 fully saturated rings. The van der Waals surface area contributed by atoms with Crippen LogP contribution in [0.25, 0.3) is 21.9 Å². The fourth-order valence-electron chi connectivity index (χ4n) is 2.98. The number of nitrogens with one attached hydrogen (secondary N) is 1. The minimum Gasteiger partial charge on any atom is -0.497 e. The topological polar surface area (TPSA) is 78.2 Å². The second kappa shape index (κ2) is 7.64. The van der Waals surface area contributed by atoms with E-state index in [4.69, 9.17) is 9.72 Å². The van der Waals surface area contributed by atoms with Gasteiger partial charge in [-0.15, -0.1) is 0 Å². The number of thioether (sulfide) groups is 1. The Morgan fingerprint density at radius 2 is 2.07 bits per heavy atom. The average molecular weight is 388 g/mol. The summed E-state index contributed by atoms with van der Waals surface area (Å²) in [6.07, 6.45) is 0.872. The Bertz CT molecular complexity index is 1070. The number of rotatable bonds is 6. The highest BCUT2D eigenvalue weighted by Crippen LogP contribution is 2.29. The van der Waals surface area contributed by atoms with Crippen molar-refractivity contribution in [2.24, 2.45) is 14.1 Å². The molecular formula is C19H24N4O3S. The van der Waals surface area contributed by atoms with Gasteiger partial charge in [-0.2, -0.15) is 0 Å². The molecule has 27 heavy (non-hydrogen) atoms. The van der Waals surface area contributed by atoms with E-state index in [1.807, 2.05) is 43.7 Å². The molecule has 0 aliphatic rings. The van der Waals surface area contributed by atoms with E-state index >= 15 is 0 Å². The lowest BCUT2D eigenvalue weighted by Gasteiger charge is -2.12. The molecule has 7 nitrogen and oxygen atoms in total. The summed E-state index contributed by atoms with van der Waals surface area (Å²) in [6, 6.07) is 5.79. The van der Waals surface area contributed by atoms with Gasteiger partial charge in [0, 0.05) is 25.5 Å². The van der Waals surface area contributed by atoms with Crippen LogP contribution in [-0.2, 0) is 18.9 Å². The van der Waals surface area contributed by atoms with Crippen LogP contribution in [0.15, 0.2) is 28.2 Å². The number of ether oxygens (including phenoxy) is 1. The van der Waals surface area contributed by atoms with Crippen LogP contribution >= 0.6 is 11.8 Å². The number of aryl methyl sites for hydroxylation is 1. The lowest BCUT2D eigenvalue weighted by atomic mass is 10.2. The van der Waals surface area contributed by atoms with Gasteiger partial charge in [0.2, 0.25) is 5.91 Å². The summed E-state index contributed by atoms with van der Waals surface area (Å²) in [5.41, 5.74) is 1.93. The zero-order valence-corrected chi connectivity index (χ0v) is 17.0. The van der Waals surface area contributed by atoms with Crippen LogP contribution in [0.1, 0.15) is 20.3 Å². The quantitative estimate of drug-likeness (QED) is 0.518. The largest absolute Gasteiger partial charge is 0.497 e. The normalized spacial score (nSPS) is 12.5. The molecule has 0 aliphatic carbocycles. The zero-order chi connectivity index (χ0) is 19.7. The highest BCUT2D eigenvalue weighted by molar-refractivity contribution is 7.99. The van der Waals surface area contributed by atoms with Gasteiger partial charge in [0.05, 0.1) is 18.4 Å². The Labute approximate surface area is 161 Å². The minimum absolute atomic E-state index is 0.0664. The van der Waals surface area contributed by atoms with Crippen LogP contribution < -0.4 is 15.6 Å². The number of methoxy groups -OCH3 is 1. The fourth-order valence-corrected chi connectivity index (χ4v) is 3.76. The number of aromatic nitrogens is 3. The number of hydrogen-bond acceptors (Lipinski definition) is 5. The maximum Gasteiger partial charge on any atom is 0.278 e. The minimum atomic E-state index is -0.137. The van der Waals surface area contributed by atoms with E-state index in [9.17, 15) is 9.59 Å². The molecule has 3 rings (SSSR count). The van der Waals surface area contributed by atoms with Crippen LogP contribution in [0.5, 0.6) is 5.75 Å². The van der Waals surface area contributed by atoms with Gasteiger partial charge in [0.1, 0.15) is 16.8 Å². The first-order valence-electron chi connectivity index (χ1n) is 8.82. The third kappa shape index (κ3) is 3.53. The Hall–Kier alpha value is -2.48. The van der Waals surface area contributed by atoms with Gasteiger partial charge < -0.3 is 14.6 Å². The SMILES string of the molecule is CC[C@H](C)NC(=O)CSc1nc2c3cc(OC)ccc3n(C)c2c(=O)n1C. The number of carbonyl (C=O) groups is 1. The Morgan fingerprint density at radius 1 is 1.33 bits per heavy atom. The summed E-state index contributed by atoms with van der Waals surface area (Å²) in [7, 11) is 5.14. The molecule has 0 spiro atoms. The molecule has 1 aromatic carbocycles. The molecule has 1 N–H and O–H groups in total. The van der Waals surface area contributed by atoms with E-state index in [1.54, 1.807) is 14.2 Å². The predicted octanol–water partition coefficient (Wildman–Crippen LogP) is 2.44. The number of hydrogen-bond donors (Lipinski definition) is 1. The number of carbonyl (C=O) groups excluding carboxylic acids is 1. The molecule has 1 atom stereocenters. The van der Waals surface area contributed by atoms with Gasteiger partial charge in [-0.05, 0) is 31.5 Å². The van der Waals surface area contributed by atoms with Gasteiger partial charge in [0.15, 0.2) is 5.16 Å². The Kier molecular flexibility index (Phi) is 5.46. The molecule has 0 unspecified atom stereocenters. The molecule has 3 aromatic rings. The molecule has 2 aromatic heterocycles. The van der Waals surface area contributed by atoms with E-state index < -0.39 is 0 Å². The highest BCUT2D eigenvalue weighted by Gasteiger charge is 2.18. The van der Waals surface area contributed by atoms with Crippen molar-refractivity contribution in [2.45, 2.75) is 31.5 Å². The van der Waals surface area contributed by atoms with Crippen molar-refractivity contribution in [3.05, 3.63) is 28.6 Å². The van der Waals surface area contributed by atoms with E-state index in [1.165, 1.54) is 16.3 Å². The molecule has 0 saturated carbocycles. The van der Waals surface area contributed by atoms with Crippen LogP contribution in [0.4, 0.5) is 0 Å². The molecule has 1 amide bonds. The van der Waals surface area contributed by atoms with Gasteiger partial charge >= 0.3 is 0 Å². The third-order valence-electron chi connectivity index (χ3n) is 4.73. The highest BCUT2D eigenvalue weighted by atomic mass is 32.2. The van der Waals surface area contributed by atoms with Crippen LogP contribution in [0.3, 0.4) is 0 Å². The molecule has 144 valence electrons. The molecular weight excluding hydrogens is 364 g/mol. The molecule has 0 bridgehead atoms. The van der Waals surface area contributed by atoms with Gasteiger partial charge in [-0.25, -0.2) is 4.98 Å². The van der Waals surface area contributed by atoms with Crippen molar-refractivity contribution in [1.29, 1.82) is 0 Å². The van der Waals surface area contributed by atoms with Crippen molar-refractivity contribution in [3.63, 3.8) is 0 Å². The van der Waals surface area contributed by atoms with E-state index in [-0.39, 0.29) is 23.3 Å². The Balaban J connectivity index is 2.04. The van der Waals surface area contributed by atoms with Crippen LogP contribution in [0, 0.1) is 0 Å². The number of fused-ring (bicyclic) bond motifs is 3. The molecule has 8 heteroatoms. The number of benzene rings is 1. The summed E-state index contributed by atoms with van der Waals surface area (Å²) in [5, 5.41) is 4.30. The molecule has 0 aliphatic heterocycles. The zero-order valence-electron chi connectivity index (χ0n) is 16.2. The van der Waals surface area contributed by atoms with Crippen LogP contribution in [-0.4, -0.2) is 38.9 Å². The summed E-state index contributed by atoms with van der Waals surface area (Å²) >= 11 is 1.26. The standard InChI is InChI=1S/C19H24N4O3S/c1-6-11(2)20-15(24)10-27-19-21-16-13-9-12(26-5)7-8-14(13)22(3)17(16)18(25)23(19)4/h7-9,11H,6,10H2,1-5H3,(H,20,24)/t11-/m0/s1. The van der Waals surface area contributed by atoms with Crippen LogP contribution in [0.2, 0.25) is 0 Å². The Morgan fingerprint density at radius 3 is 2.74 bits per heavy atom. The maximum atomic E-state index is 12.9. The lowest BCUT2D eigenvalue weighted by Crippen LogP contribution is -2.33. The summed E-state index contributed by atoms with van der Waals surface area (Å²) in [5.74, 6) is 0.854. The van der Waals surface area contributed by atoms with Gasteiger partial charge in [-0.1, -0.05) is 18.7 Å². The summed E-state index contributed by atoms with van der Waals surface area (Å²) < 4.78 is 8.66. The fraction of sp³-hybridized carbons (Fsp3) is 0.421. The number of nitrogens with zero attached hydrogens (tertiary/aromatic N) is 3. The van der Waals surface area contributed by atoms with Crippen molar-refractivity contribution in [2.75, 3.05) is 12.9 Å². The first-order chi connectivity index (χ1) is 12.9. The second-order valence-corrected chi connectivity index (χ2v) is 7.51. The summed E-state index contributed by atoms with van der Waals surface area (Å²) in [6.45, 7) is 3.98. The van der Waals surface area contributed by atoms with E-state index in [2.05, 4.69) is 5.32 Å². The van der Waals surface area contributed by atoms with Gasteiger partial charge in [0.25, 0.3) is 5.56 Å². The third-order valence-corrected chi connectivity index (χ3v) is 5.76. The van der Waals surface area contributed by atoms with Crippen molar-refractivity contribution in [1.82, 2.24) is 19.4 Å². The van der Waals surface area contributed by atoms with E-state index in [0.29, 0.717) is 21.9 Å². The molecule has 0 radical (unpaired) electrons. The number of amides is 1. The maximum absolute atomic E-state index is 12.9. The van der Waals surface area contributed by atoms with Crippen molar-refractivity contribution >= 4 is 39.6 Å². The first-order valence-corrected chi connectivity index (χ1v) is 9.81. The lowest BCUT2D eigenvalue weighted by molar-refractivity contribution is -0.119. The van der Waals surface area contributed by atoms with Gasteiger partial charge in [-0.3, -0.25) is 14.2 Å². The van der Waals surface area contributed by atoms with Crippen molar-refractivity contribution in [3.8, 4) is 5.75 Å². The van der Waals surface area contributed by atoms with Crippen molar-refractivity contribution < 1.29 is 9.53 Å². The average Bonchev–Trinajstić information content (AvgIpc) is 2.94. The smallest absolute Gasteiger partial charge is 0.278 e. The molecule has 0 saturated heterocycles.